The monoisotopic (exact) mass is 385 g/mol. The predicted octanol–water partition coefficient (Wildman–Crippen LogP) is 2.49. The summed E-state index contributed by atoms with van der Waals surface area (Å²) in [6.45, 7) is 0.812. The Morgan fingerprint density at radius 2 is 1.92 bits per heavy atom. The number of pyridine rings is 1. The maximum absolute atomic E-state index is 12.6. The first-order valence-corrected chi connectivity index (χ1v) is 7.83. The molecule has 2 heterocycles. The third-order valence-electron chi connectivity index (χ3n) is 4.14. The Bertz CT molecular complexity index is 713. The van der Waals surface area contributed by atoms with E-state index in [-0.39, 0.29) is 25.3 Å². The second kappa shape index (κ2) is 7.29. The lowest BCUT2D eigenvalue weighted by Crippen LogP contribution is -2.43. The zero-order valence-corrected chi connectivity index (χ0v) is 13.7. The predicted molar refractivity (Wildman–Crippen MR) is 79.7 cm³/mol. The number of likely N-dealkylation sites (tertiary alicyclic amines) is 1. The standard InChI is InChI=1S/C15H17F6N3O2/c1-2-24(9-5-6-23(7-9)8-14(16,17)18)13(26)11-4-3-10(12(25)22-11)15(19,20)21/h3-4,9H,2,5-8H2,1H3,(H,22,25). The number of aromatic amines is 1. The average molecular weight is 385 g/mol. The Morgan fingerprint density at radius 1 is 1.27 bits per heavy atom. The molecule has 0 aromatic carbocycles. The number of nitrogens with one attached hydrogen (secondary N) is 1. The first-order chi connectivity index (χ1) is 11.9. The molecule has 1 saturated heterocycles. The molecule has 0 radical (unpaired) electrons. The number of hydrogen-bond donors (Lipinski definition) is 1. The van der Waals surface area contributed by atoms with Crippen LogP contribution in [0, 0.1) is 0 Å². The first-order valence-electron chi connectivity index (χ1n) is 7.83. The van der Waals surface area contributed by atoms with Gasteiger partial charge in [-0.05, 0) is 25.5 Å². The highest BCUT2D eigenvalue weighted by Gasteiger charge is 2.38. The van der Waals surface area contributed by atoms with Crippen molar-refractivity contribution >= 4 is 5.91 Å². The first kappa shape index (κ1) is 20.3. The Kier molecular flexibility index (Phi) is 5.69. The van der Waals surface area contributed by atoms with Crippen molar-refractivity contribution in [1.29, 1.82) is 0 Å². The molecular weight excluding hydrogens is 368 g/mol. The summed E-state index contributed by atoms with van der Waals surface area (Å²) < 4.78 is 75.3. The van der Waals surface area contributed by atoms with Crippen LogP contribution in [0.25, 0.3) is 0 Å². The highest BCUT2D eigenvalue weighted by Crippen LogP contribution is 2.26. The van der Waals surface area contributed by atoms with Crippen LogP contribution in [0.15, 0.2) is 16.9 Å². The second-order valence-corrected chi connectivity index (χ2v) is 6.00. The van der Waals surface area contributed by atoms with Gasteiger partial charge in [-0.3, -0.25) is 14.5 Å². The third kappa shape index (κ3) is 4.77. The summed E-state index contributed by atoms with van der Waals surface area (Å²) in [4.78, 5) is 28.4. The van der Waals surface area contributed by atoms with E-state index < -0.39 is 42.0 Å². The molecule has 1 amide bonds. The lowest BCUT2D eigenvalue weighted by Gasteiger charge is -2.28. The Hall–Kier alpha value is -2.04. The number of aromatic nitrogens is 1. The van der Waals surface area contributed by atoms with Crippen molar-refractivity contribution in [2.75, 3.05) is 26.2 Å². The van der Waals surface area contributed by atoms with E-state index in [1.165, 1.54) is 4.90 Å². The number of H-pyrrole nitrogens is 1. The van der Waals surface area contributed by atoms with Crippen molar-refractivity contribution in [2.45, 2.75) is 31.7 Å². The summed E-state index contributed by atoms with van der Waals surface area (Å²) >= 11 is 0. The SMILES string of the molecule is CCN(C(=O)c1ccc(C(F)(F)F)c(=O)[nH]1)C1CCN(CC(F)(F)F)C1. The van der Waals surface area contributed by atoms with E-state index in [0.29, 0.717) is 12.5 Å². The van der Waals surface area contributed by atoms with Gasteiger partial charge in [-0.1, -0.05) is 0 Å². The molecule has 146 valence electrons. The Labute approximate surface area is 144 Å². The van der Waals surface area contributed by atoms with Crippen LogP contribution >= 0.6 is 0 Å². The lowest BCUT2D eigenvalue weighted by molar-refractivity contribution is -0.143. The number of rotatable bonds is 4. The maximum atomic E-state index is 12.6. The number of likely N-dealkylation sites (N-methyl/N-ethyl adjacent to an activating group) is 1. The molecule has 0 saturated carbocycles. The molecule has 0 bridgehead atoms. The number of halogens is 6. The van der Waals surface area contributed by atoms with Crippen LogP contribution in [0.2, 0.25) is 0 Å². The van der Waals surface area contributed by atoms with Gasteiger partial charge in [0.1, 0.15) is 11.3 Å². The van der Waals surface area contributed by atoms with Crippen LogP contribution in [-0.2, 0) is 6.18 Å². The summed E-state index contributed by atoms with van der Waals surface area (Å²) in [5, 5.41) is 0. The van der Waals surface area contributed by atoms with Crippen LogP contribution in [0.1, 0.15) is 29.4 Å². The molecule has 26 heavy (non-hydrogen) atoms. The van der Waals surface area contributed by atoms with Gasteiger partial charge in [-0.25, -0.2) is 0 Å². The van der Waals surface area contributed by atoms with Gasteiger partial charge in [-0.2, -0.15) is 26.3 Å². The van der Waals surface area contributed by atoms with Crippen molar-refractivity contribution in [3.63, 3.8) is 0 Å². The molecule has 1 aliphatic rings. The summed E-state index contributed by atoms with van der Waals surface area (Å²) in [5.41, 5.74) is -3.20. The van der Waals surface area contributed by atoms with E-state index >= 15 is 0 Å². The van der Waals surface area contributed by atoms with Gasteiger partial charge in [0.15, 0.2) is 0 Å². The van der Waals surface area contributed by atoms with Gasteiger partial charge in [0, 0.05) is 25.7 Å². The molecule has 1 fully saturated rings. The van der Waals surface area contributed by atoms with Gasteiger partial charge in [0.05, 0.1) is 6.54 Å². The largest absolute Gasteiger partial charge is 0.421 e. The fraction of sp³-hybridized carbons (Fsp3) is 0.600. The van der Waals surface area contributed by atoms with Crippen LogP contribution in [0.5, 0.6) is 0 Å². The van der Waals surface area contributed by atoms with E-state index in [1.54, 1.807) is 6.92 Å². The Balaban J connectivity index is 2.15. The molecule has 0 aliphatic carbocycles. The summed E-state index contributed by atoms with van der Waals surface area (Å²) in [6, 6.07) is 0.864. The van der Waals surface area contributed by atoms with E-state index in [9.17, 15) is 35.9 Å². The van der Waals surface area contributed by atoms with Crippen molar-refractivity contribution in [3.8, 4) is 0 Å². The van der Waals surface area contributed by atoms with Crippen molar-refractivity contribution in [1.82, 2.24) is 14.8 Å². The zero-order chi connectivity index (χ0) is 19.7. The van der Waals surface area contributed by atoms with Gasteiger partial charge in [-0.15, -0.1) is 0 Å². The van der Waals surface area contributed by atoms with E-state index in [0.717, 1.165) is 11.0 Å². The average Bonchev–Trinajstić information content (AvgIpc) is 2.92. The van der Waals surface area contributed by atoms with Crippen molar-refractivity contribution in [2.24, 2.45) is 0 Å². The molecule has 0 spiro atoms. The number of alkyl halides is 6. The third-order valence-corrected chi connectivity index (χ3v) is 4.14. The number of hydrogen-bond acceptors (Lipinski definition) is 3. The number of carbonyl (C=O) groups is 1. The maximum Gasteiger partial charge on any atom is 0.421 e. The number of amides is 1. The molecular formula is C15H17F6N3O2. The number of nitrogens with zero attached hydrogens (tertiary/aromatic N) is 2. The van der Waals surface area contributed by atoms with Crippen LogP contribution < -0.4 is 5.56 Å². The normalized spacial score (nSPS) is 19.0. The van der Waals surface area contributed by atoms with Crippen molar-refractivity contribution < 1.29 is 31.1 Å². The Morgan fingerprint density at radius 3 is 2.42 bits per heavy atom. The topological polar surface area (TPSA) is 56.4 Å². The summed E-state index contributed by atoms with van der Waals surface area (Å²) in [5.74, 6) is -0.725. The molecule has 1 aliphatic heterocycles. The quantitative estimate of drug-likeness (QED) is 0.811. The molecule has 1 aromatic heterocycles. The highest BCUT2D eigenvalue weighted by atomic mass is 19.4. The van der Waals surface area contributed by atoms with Crippen molar-refractivity contribution in [3.05, 3.63) is 33.7 Å². The number of carbonyl (C=O) groups excluding carboxylic acids is 1. The molecule has 11 heteroatoms. The fourth-order valence-corrected chi connectivity index (χ4v) is 3.01. The smallest absolute Gasteiger partial charge is 0.333 e. The minimum Gasteiger partial charge on any atom is -0.333 e. The van der Waals surface area contributed by atoms with Crippen LogP contribution in [-0.4, -0.2) is 59.1 Å². The van der Waals surface area contributed by atoms with Gasteiger partial charge in [0.2, 0.25) is 0 Å². The van der Waals surface area contributed by atoms with E-state index in [2.05, 4.69) is 0 Å². The van der Waals surface area contributed by atoms with Gasteiger partial charge < -0.3 is 9.88 Å². The molecule has 5 nitrogen and oxygen atoms in total. The zero-order valence-electron chi connectivity index (χ0n) is 13.7. The molecule has 1 unspecified atom stereocenters. The molecule has 1 atom stereocenters. The molecule has 1 aromatic rings. The van der Waals surface area contributed by atoms with Gasteiger partial charge in [0.25, 0.3) is 11.5 Å². The fourth-order valence-electron chi connectivity index (χ4n) is 3.01. The van der Waals surface area contributed by atoms with E-state index in [1.807, 2.05) is 4.98 Å². The summed E-state index contributed by atoms with van der Waals surface area (Å²) in [7, 11) is 0. The van der Waals surface area contributed by atoms with Crippen LogP contribution in [0.4, 0.5) is 26.3 Å². The second-order valence-electron chi connectivity index (χ2n) is 6.00. The van der Waals surface area contributed by atoms with Gasteiger partial charge >= 0.3 is 12.4 Å². The minimum atomic E-state index is -4.84. The lowest BCUT2D eigenvalue weighted by atomic mass is 10.2. The minimum absolute atomic E-state index is 0.00393. The molecule has 1 N–H and O–H groups in total. The highest BCUT2D eigenvalue weighted by molar-refractivity contribution is 5.92. The molecule has 2 rings (SSSR count). The summed E-state index contributed by atoms with van der Waals surface area (Å²) in [6.07, 6.45) is -8.89. The van der Waals surface area contributed by atoms with E-state index in [4.69, 9.17) is 0 Å². The van der Waals surface area contributed by atoms with Crippen LogP contribution in [0.3, 0.4) is 0 Å².